The van der Waals surface area contributed by atoms with E-state index in [4.69, 9.17) is 21.1 Å². The van der Waals surface area contributed by atoms with Gasteiger partial charge >= 0.3 is 0 Å². The fourth-order valence-electron chi connectivity index (χ4n) is 2.17. The second-order valence-corrected chi connectivity index (χ2v) is 5.29. The van der Waals surface area contributed by atoms with E-state index >= 15 is 0 Å². The van der Waals surface area contributed by atoms with Crippen LogP contribution in [0.2, 0.25) is 5.02 Å². The Morgan fingerprint density at radius 1 is 1.47 bits per heavy atom. The van der Waals surface area contributed by atoms with Gasteiger partial charge < -0.3 is 14.8 Å². The lowest BCUT2D eigenvalue weighted by Crippen LogP contribution is -2.25. The van der Waals surface area contributed by atoms with Gasteiger partial charge in [-0.25, -0.2) is 0 Å². The Hall–Kier alpha value is -0.770. The maximum atomic E-state index is 6.19. The second-order valence-electron chi connectivity index (χ2n) is 4.88. The summed E-state index contributed by atoms with van der Waals surface area (Å²) in [5.41, 5.74) is 1.17. The largest absolute Gasteiger partial charge is 0.492 e. The summed E-state index contributed by atoms with van der Waals surface area (Å²) in [6, 6.07) is 5.97. The maximum Gasteiger partial charge on any atom is 0.137 e. The minimum atomic E-state index is 0.377. The van der Waals surface area contributed by atoms with Gasteiger partial charge in [0.25, 0.3) is 0 Å². The van der Waals surface area contributed by atoms with E-state index in [1.807, 2.05) is 12.1 Å². The Balaban J connectivity index is 1.78. The Labute approximate surface area is 120 Å². The van der Waals surface area contributed by atoms with Gasteiger partial charge in [0.15, 0.2) is 0 Å². The minimum Gasteiger partial charge on any atom is -0.492 e. The molecule has 1 aromatic rings. The van der Waals surface area contributed by atoms with E-state index in [1.165, 1.54) is 12.0 Å². The van der Waals surface area contributed by atoms with Crippen LogP contribution in [-0.4, -0.2) is 25.9 Å². The first-order valence-corrected chi connectivity index (χ1v) is 7.41. The van der Waals surface area contributed by atoms with Crippen molar-refractivity contribution in [3.8, 4) is 5.75 Å². The topological polar surface area (TPSA) is 30.5 Å². The predicted molar refractivity (Wildman–Crippen MR) is 77.9 cm³/mol. The molecule has 1 aliphatic heterocycles. The molecular formula is C15H22ClNO2. The van der Waals surface area contributed by atoms with E-state index in [1.54, 1.807) is 0 Å². The van der Waals surface area contributed by atoms with Crippen molar-refractivity contribution < 1.29 is 9.47 Å². The van der Waals surface area contributed by atoms with Gasteiger partial charge in [-0.2, -0.15) is 0 Å². The van der Waals surface area contributed by atoms with Crippen molar-refractivity contribution in [1.82, 2.24) is 5.32 Å². The Bertz CT molecular complexity index is 392. The molecule has 0 amide bonds. The van der Waals surface area contributed by atoms with Crippen molar-refractivity contribution in [3.63, 3.8) is 0 Å². The molecule has 1 aliphatic rings. The molecule has 0 aliphatic carbocycles. The van der Waals surface area contributed by atoms with Crippen LogP contribution in [0.4, 0.5) is 0 Å². The number of hydrogen-bond acceptors (Lipinski definition) is 3. The highest BCUT2D eigenvalue weighted by Gasteiger charge is 2.14. The van der Waals surface area contributed by atoms with Crippen molar-refractivity contribution in [2.45, 2.75) is 38.8 Å². The number of nitrogens with one attached hydrogen (secondary N) is 1. The van der Waals surface area contributed by atoms with Gasteiger partial charge in [0.2, 0.25) is 0 Å². The molecule has 0 bridgehead atoms. The van der Waals surface area contributed by atoms with Crippen LogP contribution >= 0.6 is 11.6 Å². The van der Waals surface area contributed by atoms with Crippen LogP contribution in [0.15, 0.2) is 18.2 Å². The first kappa shape index (κ1) is 14.6. The summed E-state index contributed by atoms with van der Waals surface area (Å²) < 4.78 is 11.1. The lowest BCUT2D eigenvalue weighted by molar-refractivity contribution is 0.110. The molecule has 106 valence electrons. The lowest BCUT2D eigenvalue weighted by Gasteiger charge is -2.12. The molecule has 0 spiro atoms. The molecule has 4 heteroatoms. The normalized spacial score (nSPS) is 18.7. The Kier molecular flexibility index (Phi) is 5.95. The van der Waals surface area contributed by atoms with E-state index in [-0.39, 0.29) is 0 Å². The highest BCUT2D eigenvalue weighted by molar-refractivity contribution is 6.32. The molecule has 0 radical (unpaired) electrons. The highest BCUT2D eigenvalue weighted by Crippen LogP contribution is 2.25. The zero-order valence-corrected chi connectivity index (χ0v) is 12.2. The van der Waals surface area contributed by atoms with Crippen LogP contribution in [0.3, 0.4) is 0 Å². The van der Waals surface area contributed by atoms with Crippen LogP contribution < -0.4 is 10.1 Å². The fraction of sp³-hybridized carbons (Fsp3) is 0.600. The van der Waals surface area contributed by atoms with Gasteiger partial charge in [-0.05, 0) is 37.0 Å². The highest BCUT2D eigenvalue weighted by atomic mass is 35.5. The summed E-state index contributed by atoms with van der Waals surface area (Å²) in [5.74, 6) is 0.770. The van der Waals surface area contributed by atoms with Gasteiger partial charge in [0, 0.05) is 19.7 Å². The zero-order valence-electron chi connectivity index (χ0n) is 11.5. The van der Waals surface area contributed by atoms with E-state index in [9.17, 15) is 0 Å². The monoisotopic (exact) mass is 283 g/mol. The van der Waals surface area contributed by atoms with Crippen LogP contribution in [0.5, 0.6) is 5.75 Å². The van der Waals surface area contributed by atoms with Gasteiger partial charge in [-0.3, -0.25) is 0 Å². The van der Waals surface area contributed by atoms with E-state index < -0.39 is 0 Å². The van der Waals surface area contributed by atoms with Gasteiger partial charge in [0.1, 0.15) is 5.75 Å². The Morgan fingerprint density at radius 3 is 3.05 bits per heavy atom. The molecule has 1 saturated heterocycles. The third-order valence-corrected chi connectivity index (χ3v) is 3.48. The first-order valence-electron chi connectivity index (χ1n) is 7.03. The number of benzene rings is 1. The molecule has 1 N–H and O–H groups in total. The molecule has 2 rings (SSSR count). The standard InChI is InChI=1S/C15H22ClNO2/c1-2-7-19-15-6-5-12(9-14(15)16)10-17-11-13-4-3-8-18-13/h5-6,9,13,17H,2-4,7-8,10-11H2,1H3/t13-/m1/s1. The van der Waals surface area contributed by atoms with Crippen molar-refractivity contribution in [2.75, 3.05) is 19.8 Å². The first-order chi connectivity index (χ1) is 9.29. The fourth-order valence-corrected chi connectivity index (χ4v) is 2.42. The summed E-state index contributed by atoms with van der Waals surface area (Å²) in [6.07, 6.45) is 3.71. The summed E-state index contributed by atoms with van der Waals surface area (Å²) in [4.78, 5) is 0. The van der Waals surface area contributed by atoms with Crippen LogP contribution in [0.1, 0.15) is 31.7 Å². The summed E-state index contributed by atoms with van der Waals surface area (Å²) in [6.45, 7) is 5.41. The van der Waals surface area contributed by atoms with Gasteiger partial charge in [-0.15, -0.1) is 0 Å². The van der Waals surface area contributed by atoms with E-state index in [0.29, 0.717) is 17.7 Å². The molecule has 0 saturated carbocycles. The molecule has 1 aromatic carbocycles. The molecule has 3 nitrogen and oxygen atoms in total. The number of ether oxygens (including phenoxy) is 2. The van der Waals surface area contributed by atoms with Crippen LogP contribution in [0, 0.1) is 0 Å². The maximum absolute atomic E-state index is 6.19. The molecule has 1 heterocycles. The molecule has 0 aromatic heterocycles. The lowest BCUT2D eigenvalue weighted by atomic mass is 10.2. The second kappa shape index (κ2) is 7.73. The average molecular weight is 284 g/mol. The summed E-state index contributed by atoms with van der Waals surface area (Å²) in [5, 5.41) is 4.09. The van der Waals surface area contributed by atoms with Crippen molar-refractivity contribution in [3.05, 3.63) is 28.8 Å². The minimum absolute atomic E-state index is 0.377. The van der Waals surface area contributed by atoms with Gasteiger partial charge in [0.05, 0.1) is 17.7 Å². The molecule has 1 atom stereocenters. The molecule has 19 heavy (non-hydrogen) atoms. The van der Waals surface area contributed by atoms with Crippen molar-refractivity contribution in [2.24, 2.45) is 0 Å². The van der Waals surface area contributed by atoms with Gasteiger partial charge in [-0.1, -0.05) is 24.6 Å². The molecular weight excluding hydrogens is 262 g/mol. The quantitative estimate of drug-likeness (QED) is 0.832. The van der Waals surface area contributed by atoms with Crippen molar-refractivity contribution in [1.29, 1.82) is 0 Å². The third-order valence-electron chi connectivity index (χ3n) is 3.18. The van der Waals surface area contributed by atoms with Crippen molar-refractivity contribution >= 4 is 11.6 Å². The van der Waals surface area contributed by atoms with Crippen LogP contribution in [-0.2, 0) is 11.3 Å². The molecule has 1 fully saturated rings. The zero-order chi connectivity index (χ0) is 13.5. The predicted octanol–water partition coefficient (Wildman–Crippen LogP) is 3.40. The smallest absolute Gasteiger partial charge is 0.137 e. The number of halogens is 1. The summed E-state index contributed by atoms with van der Waals surface area (Å²) in [7, 11) is 0. The number of rotatable bonds is 7. The average Bonchev–Trinajstić information content (AvgIpc) is 2.91. The SMILES string of the molecule is CCCOc1ccc(CNC[C@H]2CCCO2)cc1Cl. The third kappa shape index (κ3) is 4.68. The Morgan fingerprint density at radius 2 is 2.37 bits per heavy atom. The molecule has 0 unspecified atom stereocenters. The van der Waals surface area contributed by atoms with E-state index in [2.05, 4.69) is 18.3 Å². The van der Waals surface area contributed by atoms with E-state index in [0.717, 1.165) is 38.3 Å². The number of hydrogen-bond donors (Lipinski definition) is 1. The summed E-state index contributed by atoms with van der Waals surface area (Å²) >= 11 is 6.19. The van der Waals surface area contributed by atoms with Crippen LogP contribution in [0.25, 0.3) is 0 Å².